The van der Waals surface area contributed by atoms with E-state index in [0.29, 0.717) is 17.2 Å². The number of allylic oxidation sites excluding steroid dienone is 2. The third-order valence-corrected chi connectivity index (χ3v) is 5.88. The molecule has 24 heavy (non-hydrogen) atoms. The number of fused-ring (bicyclic) bond motifs is 3. The van der Waals surface area contributed by atoms with Crippen molar-refractivity contribution in [2.24, 2.45) is 5.41 Å². The fraction of sp³-hybridized carbons (Fsp3) is 0.444. The lowest BCUT2D eigenvalue weighted by Crippen LogP contribution is -2.24. The normalized spacial score (nSPS) is 22.0. The number of carboxylic acid groups (broad SMARTS) is 1. The van der Waals surface area contributed by atoms with Crippen LogP contribution in [0.5, 0.6) is 5.75 Å². The van der Waals surface area contributed by atoms with Crippen molar-refractivity contribution in [3.05, 3.63) is 33.3 Å². The number of benzene rings is 1. The zero-order valence-corrected chi connectivity index (χ0v) is 14.8. The highest BCUT2D eigenvalue weighted by Gasteiger charge is 2.44. The molecule has 0 spiro atoms. The van der Waals surface area contributed by atoms with Gasteiger partial charge in [-0.2, -0.15) is 0 Å². The van der Waals surface area contributed by atoms with Crippen LogP contribution in [0.25, 0.3) is 5.57 Å². The molecule has 0 heterocycles. The van der Waals surface area contributed by atoms with Gasteiger partial charge < -0.3 is 9.84 Å². The van der Waals surface area contributed by atoms with E-state index in [1.54, 1.807) is 6.08 Å². The van der Waals surface area contributed by atoms with E-state index >= 15 is 0 Å². The predicted octanol–water partition coefficient (Wildman–Crippen LogP) is 4.55. The Bertz CT molecular complexity index is 754. The number of rotatable bonds is 5. The number of ether oxygens (including phenoxy) is 1. The second-order valence-electron chi connectivity index (χ2n) is 6.36. The summed E-state index contributed by atoms with van der Waals surface area (Å²) < 4.78 is 5.51. The lowest BCUT2D eigenvalue weighted by Gasteiger charge is -2.32. The third kappa shape index (κ3) is 2.82. The van der Waals surface area contributed by atoms with Crippen molar-refractivity contribution in [3.8, 4) is 5.75 Å². The molecule has 0 aliphatic heterocycles. The first kappa shape index (κ1) is 17.3. The molecule has 128 valence electrons. The van der Waals surface area contributed by atoms with E-state index in [2.05, 4.69) is 6.92 Å². The maximum Gasteiger partial charge on any atom is 0.306 e. The molecule has 0 aromatic heterocycles. The highest BCUT2D eigenvalue weighted by Crippen LogP contribution is 2.57. The van der Waals surface area contributed by atoms with E-state index in [0.717, 1.165) is 36.0 Å². The van der Waals surface area contributed by atoms with Crippen LogP contribution in [0.4, 0.5) is 0 Å². The van der Waals surface area contributed by atoms with E-state index in [4.69, 9.17) is 33.0 Å². The summed E-state index contributed by atoms with van der Waals surface area (Å²) in [4.78, 5) is 22.5. The first-order chi connectivity index (χ1) is 11.4. The Morgan fingerprint density at radius 1 is 1.38 bits per heavy atom. The summed E-state index contributed by atoms with van der Waals surface area (Å²) in [5.41, 5.74) is 2.78. The van der Waals surface area contributed by atoms with Crippen molar-refractivity contribution in [3.63, 3.8) is 0 Å². The van der Waals surface area contributed by atoms with Crippen LogP contribution in [0.15, 0.2) is 12.1 Å². The molecule has 0 radical (unpaired) electrons. The highest BCUT2D eigenvalue weighted by molar-refractivity contribution is 6.44. The molecule has 0 saturated heterocycles. The maximum absolute atomic E-state index is 11.9. The van der Waals surface area contributed by atoms with E-state index < -0.39 is 5.97 Å². The molecule has 3 rings (SSSR count). The van der Waals surface area contributed by atoms with Gasteiger partial charge in [0.05, 0.1) is 18.1 Å². The third-order valence-electron chi connectivity index (χ3n) is 5.03. The van der Waals surface area contributed by atoms with E-state index in [1.165, 1.54) is 0 Å². The molecule has 2 aliphatic carbocycles. The van der Waals surface area contributed by atoms with Gasteiger partial charge in [0.15, 0.2) is 5.78 Å². The topological polar surface area (TPSA) is 63.6 Å². The zero-order chi connectivity index (χ0) is 17.5. The maximum atomic E-state index is 11.9. The second-order valence-corrected chi connectivity index (χ2v) is 7.12. The summed E-state index contributed by atoms with van der Waals surface area (Å²) in [6.07, 6.45) is 4.69. The van der Waals surface area contributed by atoms with Gasteiger partial charge in [-0.05, 0) is 42.5 Å². The van der Waals surface area contributed by atoms with E-state index in [1.807, 2.05) is 6.07 Å². The molecule has 1 unspecified atom stereocenters. The lowest BCUT2D eigenvalue weighted by atomic mass is 9.71. The number of carboxylic acids is 1. The van der Waals surface area contributed by atoms with Gasteiger partial charge in [0.25, 0.3) is 0 Å². The van der Waals surface area contributed by atoms with Gasteiger partial charge in [-0.15, -0.1) is 0 Å². The Hall–Kier alpha value is -1.52. The van der Waals surface area contributed by atoms with Crippen LogP contribution < -0.4 is 4.74 Å². The quantitative estimate of drug-likeness (QED) is 0.827. The van der Waals surface area contributed by atoms with Gasteiger partial charge in [-0.25, -0.2) is 0 Å². The first-order valence-electron chi connectivity index (χ1n) is 7.99. The summed E-state index contributed by atoms with van der Waals surface area (Å²) >= 11 is 12.8. The van der Waals surface area contributed by atoms with Gasteiger partial charge in [0.2, 0.25) is 0 Å². The Labute approximate surface area is 150 Å². The molecule has 1 aromatic rings. The number of hydrogen-bond donors (Lipinski definition) is 1. The van der Waals surface area contributed by atoms with Crippen LogP contribution in [0.2, 0.25) is 10.0 Å². The van der Waals surface area contributed by atoms with Crippen LogP contribution in [0.1, 0.15) is 43.7 Å². The van der Waals surface area contributed by atoms with Crippen LogP contribution in [0.3, 0.4) is 0 Å². The van der Waals surface area contributed by atoms with E-state index in [-0.39, 0.29) is 29.2 Å². The van der Waals surface area contributed by atoms with Crippen LogP contribution >= 0.6 is 23.2 Å². The summed E-state index contributed by atoms with van der Waals surface area (Å²) in [6.45, 7) is 2.15. The zero-order valence-electron chi connectivity index (χ0n) is 13.3. The fourth-order valence-electron chi connectivity index (χ4n) is 3.70. The Morgan fingerprint density at radius 3 is 2.79 bits per heavy atom. The standard InChI is InChI=1S/C18H18Cl2O4/c1-2-18-5-3-11(21)8-12(18)15-10(9-18)7-13(16(19)17(15)20)24-6-4-14(22)23/h7-8H,2-6,9H2,1H3,(H,22,23). The van der Waals surface area contributed by atoms with Gasteiger partial charge >= 0.3 is 5.97 Å². The van der Waals surface area contributed by atoms with Crippen molar-refractivity contribution in [1.29, 1.82) is 0 Å². The lowest BCUT2D eigenvalue weighted by molar-refractivity contribution is -0.137. The molecule has 2 aliphatic rings. The number of carbonyl (C=O) groups is 2. The number of halogens is 2. The summed E-state index contributed by atoms with van der Waals surface area (Å²) in [5, 5.41) is 9.38. The molecule has 1 aromatic carbocycles. The molecule has 1 atom stereocenters. The Balaban J connectivity index is 2.02. The molecule has 0 amide bonds. The van der Waals surface area contributed by atoms with Crippen LogP contribution in [0, 0.1) is 5.41 Å². The van der Waals surface area contributed by atoms with Crippen molar-refractivity contribution in [1.82, 2.24) is 0 Å². The Morgan fingerprint density at radius 2 is 2.12 bits per heavy atom. The largest absolute Gasteiger partial charge is 0.491 e. The predicted molar refractivity (Wildman–Crippen MR) is 92.9 cm³/mol. The average Bonchev–Trinajstić information content (AvgIpc) is 2.86. The number of carbonyl (C=O) groups excluding carboxylic acids is 1. The molecule has 0 saturated carbocycles. The minimum absolute atomic E-state index is 0.0320. The van der Waals surface area contributed by atoms with Crippen LogP contribution in [-0.2, 0) is 16.0 Å². The van der Waals surface area contributed by atoms with Crippen molar-refractivity contribution in [2.45, 2.75) is 39.0 Å². The second kappa shape index (κ2) is 6.41. The number of ketones is 1. The van der Waals surface area contributed by atoms with Crippen molar-refractivity contribution >= 4 is 40.5 Å². The number of aliphatic carboxylic acids is 1. The van der Waals surface area contributed by atoms with Gasteiger partial charge in [-0.1, -0.05) is 30.1 Å². The fourth-order valence-corrected chi connectivity index (χ4v) is 4.22. The average molecular weight is 369 g/mol. The van der Waals surface area contributed by atoms with E-state index in [9.17, 15) is 9.59 Å². The molecule has 4 nitrogen and oxygen atoms in total. The summed E-state index contributed by atoms with van der Waals surface area (Å²) in [5.74, 6) is -0.410. The molecule has 0 fully saturated rings. The monoisotopic (exact) mass is 368 g/mol. The smallest absolute Gasteiger partial charge is 0.306 e. The van der Waals surface area contributed by atoms with Gasteiger partial charge in [-0.3, -0.25) is 9.59 Å². The SMILES string of the molecule is CCC12CCC(=O)C=C1c1c(cc(OCCC(=O)O)c(Cl)c1Cl)C2. The molecule has 0 bridgehead atoms. The minimum atomic E-state index is -0.932. The van der Waals surface area contributed by atoms with Crippen molar-refractivity contribution < 1.29 is 19.4 Å². The Kier molecular flexibility index (Phi) is 4.63. The molecule has 1 N–H and O–H groups in total. The molecular weight excluding hydrogens is 351 g/mol. The molecular formula is C18H18Cl2O4. The van der Waals surface area contributed by atoms with Crippen molar-refractivity contribution in [2.75, 3.05) is 6.61 Å². The summed E-state index contributed by atoms with van der Waals surface area (Å²) in [7, 11) is 0. The van der Waals surface area contributed by atoms with Gasteiger partial charge in [0.1, 0.15) is 10.8 Å². The highest BCUT2D eigenvalue weighted by atomic mass is 35.5. The minimum Gasteiger partial charge on any atom is -0.491 e. The molecule has 6 heteroatoms. The first-order valence-corrected chi connectivity index (χ1v) is 8.74. The van der Waals surface area contributed by atoms with Crippen LogP contribution in [-0.4, -0.2) is 23.5 Å². The summed E-state index contributed by atoms with van der Waals surface area (Å²) in [6, 6.07) is 1.84. The van der Waals surface area contributed by atoms with Gasteiger partial charge in [0, 0.05) is 17.4 Å². The number of hydrogen-bond acceptors (Lipinski definition) is 3.